The van der Waals surface area contributed by atoms with Gasteiger partial charge >= 0.3 is 0 Å². The molecule has 17 heavy (non-hydrogen) atoms. The van der Waals surface area contributed by atoms with Crippen molar-refractivity contribution in [2.75, 3.05) is 0 Å². The third-order valence-corrected chi connectivity index (χ3v) is 2.46. The lowest BCUT2D eigenvalue weighted by Crippen LogP contribution is -2.24. The Labute approximate surface area is 98.4 Å². The molecular formula is C11H14N4O2. The normalized spacial score (nSPS) is 10.5. The van der Waals surface area contributed by atoms with Gasteiger partial charge in [0, 0.05) is 11.8 Å². The lowest BCUT2D eigenvalue weighted by atomic mass is 10.2. The standard InChI is InChI=1S/C11H14N4O2/c1-6-4-9(15-17-6)5-12-11(16)10-7(2)13-14-8(10)3/h4H,5H2,1-3H3,(H,12,16)(H,13,14). The van der Waals surface area contributed by atoms with E-state index in [4.69, 9.17) is 4.52 Å². The summed E-state index contributed by atoms with van der Waals surface area (Å²) in [7, 11) is 0. The highest BCUT2D eigenvalue weighted by atomic mass is 16.5. The molecule has 2 heterocycles. The van der Waals surface area contributed by atoms with Gasteiger partial charge < -0.3 is 9.84 Å². The first-order valence-corrected chi connectivity index (χ1v) is 5.30. The van der Waals surface area contributed by atoms with Gasteiger partial charge in [-0.15, -0.1) is 0 Å². The van der Waals surface area contributed by atoms with Gasteiger partial charge in [-0.2, -0.15) is 5.10 Å². The molecule has 0 aliphatic carbocycles. The molecule has 0 radical (unpaired) electrons. The molecule has 0 saturated heterocycles. The number of aromatic amines is 1. The number of carbonyl (C=O) groups excluding carboxylic acids is 1. The van der Waals surface area contributed by atoms with Gasteiger partial charge in [0.05, 0.1) is 17.8 Å². The molecule has 0 spiro atoms. The summed E-state index contributed by atoms with van der Waals surface area (Å²) in [6.45, 7) is 5.76. The highest BCUT2D eigenvalue weighted by molar-refractivity contribution is 5.96. The Balaban J connectivity index is 2.03. The summed E-state index contributed by atoms with van der Waals surface area (Å²) in [5.74, 6) is 0.569. The second-order valence-electron chi connectivity index (χ2n) is 3.92. The van der Waals surface area contributed by atoms with Crippen molar-refractivity contribution >= 4 is 5.91 Å². The first-order valence-electron chi connectivity index (χ1n) is 5.30. The van der Waals surface area contributed by atoms with E-state index in [1.807, 2.05) is 13.8 Å². The quantitative estimate of drug-likeness (QED) is 0.837. The van der Waals surface area contributed by atoms with Gasteiger partial charge in [-0.3, -0.25) is 9.89 Å². The van der Waals surface area contributed by atoms with Crippen LogP contribution >= 0.6 is 0 Å². The summed E-state index contributed by atoms with van der Waals surface area (Å²) in [5, 5.41) is 13.3. The lowest BCUT2D eigenvalue weighted by molar-refractivity contribution is 0.0949. The van der Waals surface area contributed by atoms with Crippen LogP contribution in [0.3, 0.4) is 0 Å². The van der Waals surface area contributed by atoms with E-state index in [9.17, 15) is 4.79 Å². The Morgan fingerprint density at radius 2 is 2.24 bits per heavy atom. The van der Waals surface area contributed by atoms with E-state index in [1.54, 1.807) is 13.0 Å². The van der Waals surface area contributed by atoms with Crippen molar-refractivity contribution in [2.24, 2.45) is 0 Å². The minimum atomic E-state index is -0.158. The number of nitrogens with zero attached hydrogens (tertiary/aromatic N) is 2. The van der Waals surface area contributed by atoms with Crippen molar-refractivity contribution in [1.29, 1.82) is 0 Å². The zero-order valence-electron chi connectivity index (χ0n) is 10.00. The van der Waals surface area contributed by atoms with Crippen LogP contribution in [0.15, 0.2) is 10.6 Å². The van der Waals surface area contributed by atoms with Crippen molar-refractivity contribution < 1.29 is 9.32 Å². The molecule has 0 aliphatic rings. The third-order valence-electron chi connectivity index (χ3n) is 2.46. The summed E-state index contributed by atoms with van der Waals surface area (Å²) >= 11 is 0. The molecule has 0 bridgehead atoms. The molecule has 1 amide bonds. The van der Waals surface area contributed by atoms with Crippen LogP contribution in [0.25, 0.3) is 0 Å². The predicted molar refractivity (Wildman–Crippen MR) is 60.5 cm³/mol. The number of aromatic nitrogens is 3. The van der Waals surface area contributed by atoms with Crippen molar-refractivity contribution in [3.8, 4) is 0 Å². The topological polar surface area (TPSA) is 83.8 Å². The Hall–Kier alpha value is -2.11. The number of amides is 1. The molecule has 6 nitrogen and oxygen atoms in total. The number of hydrogen-bond donors (Lipinski definition) is 2. The van der Waals surface area contributed by atoms with E-state index in [0.29, 0.717) is 23.5 Å². The Morgan fingerprint density at radius 1 is 1.47 bits per heavy atom. The van der Waals surface area contributed by atoms with Crippen LogP contribution in [-0.2, 0) is 6.54 Å². The van der Waals surface area contributed by atoms with E-state index >= 15 is 0 Å². The van der Waals surface area contributed by atoms with Gasteiger partial charge in [-0.05, 0) is 20.8 Å². The van der Waals surface area contributed by atoms with Gasteiger partial charge in [0.1, 0.15) is 11.5 Å². The molecule has 0 aliphatic heterocycles. The highest BCUT2D eigenvalue weighted by Gasteiger charge is 2.15. The highest BCUT2D eigenvalue weighted by Crippen LogP contribution is 2.09. The van der Waals surface area contributed by atoms with Gasteiger partial charge in [0.2, 0.25) is 0 Å². The molecular weight excluding hydrogens is 220 g/mol. The molecule has 2 N–H and O–H groups in total. The van der Waals surface area contributed by atoms with Crippen LogP contribution in [0.5, 0.6) is 0 Å². The van der Waals surface area contributed by atoms with E-state index in [1.165, 1.54) is 0 Å². The second kappa shape index (κ2) is 4.40. The van der Waals surface area contributed by atoms with Crippen molar-refractivity contribution in [3.63, 3.8) is 0 Å². The zero-order valence-corrected chi connectivity index (χ0v) is 10.00. The van der Waals surface area contributed by atoms with E-state index < -0.39 is 0 Å². The average molecular weight is 234 g/mol. The van der Waals surface area contributed by atoms with Gasteiger partial charge in [-0.25, -0.2) is 0 Å². The first-order chi connectivity index (χ1) is 8.08. The molecule has 90 valence electrons. The summed E-state index contributed by atoms with van der Waals surface area (Å²) < 4.78 is 4.92. The van der Waals surface area contributed by atoms with Crippen molar-refractivity contribution in [2.45, 2.75) is 27.3 Å². The number of nitrogens with one attached hydrogen (secondary N) is 2. The smallest absolute Gasteiger partial charge is 0.255 e. The predicted octanol–water partition coefficient (Wildman–Crippen LogP) is 1.25. The van der Waals surface area contributed by atoms with Crippen LogP contribution in [0, 0.1) is 20.8 Å². The average Bonchev–Trinajstić information content (AvgIpc) is 2.83. The maximum absolute atomic E-state index is 11.9. The molecule has 2 aromatic rings. The largest absolute Gasteiger partial charge is 0.361 e. The van der Waals surface area contributed by atoms with E-state index in [0.717, 1.165) is 11.5 Å². The van der Waals surface area contributed by atoms with Crippen molar-refractivity contribution in [3.05, 3.63) is 34.5 Å². The number of aryl methyl sites for hydroxylation is 3. The maximum Gasteiger partial charge on any atom is 0.255 e. The fraction of sp³-hybridized carbons (Fsp3) is 0.364. The van der Waals surface area contributed by atoms with Crippen LogP contribution in [-0.4, -0.2) is 21.3 Å². The summed E-state index contributed by atoms with van der Waals surface area (Å²) in [4.78, 5) is 11.9. The van der Waals surface area contributed by atoms with E-state index in [-0.39, 0.29) is 5.91 Å². The third kappa shape index (κ3) is 2.35. The first kappa shape index (κ1) is 11.4. The van der Waals surface area contributed by atoms with Crippen LogP contribution < -0.4 is 5.32 Å². The number of rotatable bonds is 3. The Morgan fingerprint density at radius 3 is 2.76 bits per heavy atom. The van der Waals surface area contributed by atoms with E-state index in [2.05, 4.69) is 20.7 Å². The van der Waals surface area contributed by atoms with Gasteiger partial charge in [0.15, 0.2) is 0 Å². The van der Waals surface area contributed by atoms with Gasteiger partial charge in [-0.1, -0.05) is 5.16 Å². The Kier molecular flexibility index (Phi) is 2.95. The molecule has 0 atom stereocenters. The lowest BCUT2D eigenvalue weighted by Gasteiger charge is -2.02. The van der Waals surface area contributed by atoms with Crippen LogP contribution in [0.4, 0.5) is 0 Å². The molecule has 2 aromatic heterocycles. The zero-order chi connectivity index (χ0) is 12.4. The minimum absolute atomic E-state index is 0.158. The minimum Gasteiger partial charge on any atom is -0.361 e. The Bertz CT molecular complexity index is 522. The van der Waals surface area contributed by atoms with Gasteiger partial charge in [0.25, 0.3) is 5.91 Å². The maximum atomic E-state index is 11.9. The molecule has 6 heteroatoms. The van der Waals surface area contributed by atoms with Crippen LogP contribution in [0.2, 0.25) is 0 Å². The fourth-order valence-electron chi connectivity index (χ4n) is 1.65. The summed E-state index contributed by atoms with van der Waals surface area (Å²) in [6.07, 6.45) is 0. The molecule has 0 saturated carbocycles. The number of carbonyl (C=O) groups is 1. The van der Waals surface area contributed by atoms with Crippen LogP contribution in [0.1, 0.15) is 33.2 Å². The second-order valence-corrected chi connectivity index (χ2v) is 3.92. The summed E-state index contributed by atoms with van der Waals surface area (Å²) in [5.41, 5.74) is 2.74. The number of H-pyrrole nitrogens is 1. The monoisotopic (exact) mass is 234 g/mol. The fourth-order valence-corrected chi connectivity index (χ4v) is 1.65. The number of hydrogen-bond acceptors (Lipinski definition) is 4. The van der Waals surface area contributed by atoms with Crippen molar-refractivity contribution in [1.82, 2.24) is 20.7 Å². The molecule has 0 fully saturated rings. The molecule has 2 rings (SSSR count). The summed E-state index contributed by atoms with van der Waals surface area (Å²) in [6, 6.07) is 1.79. The SMILES string of the molecule is Cc1cc(CNC(=O)c2c(C)n[nH]c2C)no1. The molecule has 0 aromatic carbocycles. The molecule has 0 unspecified atom stereocenters.